The zero-order chi connectivity index (χ0) is 18.2. The van der Waals surface area contributed by atoms with Crippen LogP contribution < -0.4 is 4.74 Å². The number of pyridine rings is 2. The van der Waals surface area contributed by atoms with E-state index in [-0.39, 0.29) is 22.7 Å². The second-order valence-corrected chi connectivity index (χ2v) is 5.13. The van der Waals surface area contributed by atoms with Crippen LogP contribution in [0.4, 0.5) is 22.0 Å². The molecule has 0 spiro atoms. The van der Waals surface area contributed by atoms with Gasteiger partial charge in [-0.15, -0.1) is 0 Å². The third-order valence-electron chi connectivity index (χ3n) is 3.43. The Hall–Kier alpha value is -2.78. The first kappa shape index (κ1) is 17.1. The molecule has 3 heterocycles. The topological polar surface area (TPSA) is 52.8 Å². The Bertz CT molecular complexity index is 907. The molecule has 0 bridgehead atoms. The predicted octanol–water partition coefficient (Wildman–Crippen LogP) is 3.69. The molecule has 0 aromatic carbocycles. The number of hydrogen-bond donors (Lipinski definition) is 0. The van der Waals surface area contributed by atoms with E-state index in [1.54, 1.807) is 7.05 Å². The first-order chi connectivity index (χ1) is 11.8. The van der Waals surface area contributed by atoms with Gasteiger partial charge < -0.3 is 9.30 Å². The highest BCUT2D eigenvalue weighted by Gasteiger charge is 2.31. The Kier molecular flexibility index (Phi) is 4.27. The van der Waals surface area contributed by atoms with Crippen LogP contribution in [0.5, 0.6) is 5.75 Å². The molecule has 25 heavy (non-hydrogen) atoms. The van der Waals surface area contributed by atoms with Crippen LogP contribution in [-0.2, 0) is 13.2 Å². The maximum absolute atomic E-state index is 12.8. The number of ether oxygens (including phenoxy) is 1. The van der Waals surface area contributed by atoms with E-state index in [0.29, 0.717) is 11.8 Å². The Morgan fingerprint density at radius 3 is 2.68 bits per heavy atom. The number of nitrogens with zero attached hydrogens (tertiary/aromatic N) is 4. The molecule has 0 saturated heterocycles. The van der Waals surface area contributed by atoms with Crippen LogP contribution in [0.15, 0.2) is 30.7 Å². The Balaban J connectivity index is 2.09. The van der Waals surface area contributed by atoms with Gasteiger partial charge in [-0.2, -0.15) is 13.2 Å². The van der Waals surface area contributed by atoms with E-state index >= 15 is 0 Å². The first-order valence-corrected chi connectivity index (χ1v) is 7.02. The van der Waals surface area contributed by atoms with E-state index in [0.717, 1.165) is 6.07 Å². The fourth-order valence-corrected chi connectivity index (χ4v) is 2.30. The number of halogens is 5. The lowest BCUT2D eigenvalue weighted by Crippen LogP contribution is -2.08. The highest BCUT2D eigenvalue weighted by molar-refractivity contribution is 5.79. The van der Waals surface area contributed by atoms with Gasteiger partial charge in [0, 0.05) is 19.4 Å². The van der Waals surface area contributed by atoms with Crippen molar-refractivity contribution in [2.24, 2.45) is 7.05 Å². The highest BCUT2D eigenvalue weighted by Crippen LogP contribution is 2.33. The average molecular weight is 358 g/mol. The lowest BCUT2D eigenvalue weighted by atomic mass is 10.2. The van der Waals surface area contributed by atoms with Crippen LogP contribution in [0.3, 0.4) is 0 Å². The van der Waals surface area contributed by atoms with Gasteiger partial charge in [-0.25, -0.2) is 18.7 Å². The number of imidazole rings is 1. The van der Waals surface area contributed by atoms with Crippen LogP contribution in [0, 0.1) is 0 Å². The number of rotatable bonds is 4. The Labute approximate surface area is 138 Å². The van der Waals surface area contributed by atoms with Gasteiger partial charge in [0.25, 0.3) is 6.43 Å². The SMILES string of the molecule is Cn1c(-c2ccncc2OCC(F)F)nc2cc(C(F)(F)F)cnc21. The number of fused-ring (bicyclic) bond motifs is 1. The molecule has 0 radical (unpaired) electrons. The minimum atomic E-state index is -4.54. The molecule has 132 valence electrons. The Morgan fingerprint density at radius 2 is 2.00 bits per heavy atom. The molecule has 3 aromatic heterocycles. The van der Waals surface area contributed by atoms with Gasteiger partial charge in [-0.3, -0.25) is 4.98 Å². The summed E-state index contributed by atoms with van der Waals surface area (Å²) in [6.07, 6.45) is -3.86. The maximum Gasteiger partial charge on any atom is 0.417 e. The molecular weight excluding hydrogens is 347 g/mol. The molecule has 3 rings (SSSR count). The summed E-state index contributed by atoms with van der Waals surface area (Å²) in [5.74, 6) is 0.283. The highest BCUT2D eigenvalue weighted by atomic mass is 19.4. The molecule has 0 fully saturated rings. The molecule has 0 aliphatic rings. The van der Waals surface area contributed by atoms with Crippen LogP contribution >= 0.6 is 0 Å². The molecular formula is C15H11F5N4O. The van der Waals surface area contributed by atoms with Gasteiger partial charge in [0.2, 0.25) is 0 Å². The van der Waals surface area contributed by atoms with Crippen molar-refractivity contribution >= 4 is 11.2 Å². The summed E-state index contributed by atoms with van der Waals surface area (Å²) < 4.78 is 69.7. The fourth-order valence-electron chi connectivity index (χ4n) is 2.30. The van der Waals surface area contributed by atoms with Crippen molar-refractivity contribution in [1.82, 2.24) is 19.5 Å². The molecule has 0 aliphatic carbocycles. The fraction of sp³-hybridized carbons (Fsp3) is 0.267. The summed E-state index contributed by atoms with van der Waals surface area (Å²) in [5, 5.41) is 0. The normalized spacial score (nSPS) is 12.1. The summed E-state index contributed by atoms with van der Waals surface area (Å²) in [5.41, 5.74) is -0.346. The van der Waals surface area contributed by atoms with Crippen LogP contribution in [0.25, 0.3) is 22.6 Å². The van der Waals surface area contributed by atoms with Crippen molar-refractivity contribution in [3.63, 3.8) is 0 Å². The molecule has 10 heteroatoms. The quantitative estimate of drug-likeness (QED) is 0.668. The molecule has 0 atom stereocenters. The van der Waals surface area contributed by atoms with E-state index in [4.69, 9.17) is 4.74 Å². The largest absolute Gasteiger partial charge is 0.485 e. The zero-order valence-electron chi connectivity index (χ0n) is 12.8. The van der Waals surface area contributed by atoms with Gasteiger partial charge in [0.1, 0.15) is 23.7 Å². The number of aryl methyl sites for hydroxylation is 1. The summed E-state index contributed by atoms with van der Waals surface area (Å²) in [4.78, 5) is 11.8. The van der Waals surface area contributed by atoms with E-state index in [1.807, 2.05) is 0 Å². The lowest BCUT2D eigenvalue weighted by molar-refractivity contribution is -0.137. The minimum absolute atomic E-state index is 0.0314. The molecule has 3 aromatic rings. The van der Waals surface area contributed by atoms with Crippen molar-refractivity contribution in [3.05, 3.63) is 36.3 Å². The van der Waals surface area contributed by atoms with Gasteiger partial charge in [-0.05, 0) is 12.1 Å². The molecule has 0 unspecified atom stereocenters. The second-order valence-electron chi connectivity index (χ2n) is 5.13. The molecule has 0 saturated carbocycles. The number of hydrogen-bond acceptors (Lipinski definition) is 4. The maximum atomic E-state index is 12.8. The standard InChI is InChI=1S/C15H11F5N4O/c1-24-13(9-2-3-21-6-11(9)25-7-12(16)17)23-10-4-8(15(18,19)20)5-22-14(10)24/h2-6,12H,7H2,1H3. The molecule has 0 amide bonds. The molecule has 0 N–H and O–H groups in total. The van der Waals surface area contributed by atoms with Crippen molar-refractivity contribution < 1.29 is 26.7 Å². The van der Waals surface area contributed by atoms with Crippen LogP contribution in [-0.4, -0.2) is 32.6 Å². The zero-order valence-corrected chi connectivity index (χ0v) is 12.8. The second kappa shape index (κ2) is 6.26. The van der Waals surface area contributed by atoms with Crippen molar-refractivity contribution in [2.75, 3.05) is 6.61 Å². The van der Waals surface area contributed by atoms with Crippen molar-refractivity contribution in [2.45, 2.75) is 12.6 Å². The monoisotopic (exact) mass is 358 g/mol. The van der Waals surface area contributed by atoms with Gasteiger partial charge in [0.15, 0.2) is 5.65 Å². The summed E-state index contributed by atoms with van der Waals surface area (Å²) >= 11 is 0. The lowest BCUT2D eigenvalue weighted by Gasteiger charge is -2.10. The van der Waals surface area contributed by atoms with Gasteiger partial charge in [0.05, 0.1) is 17.3 Å². The van der Waals surface area contributed by atoms with E-state index in [1.165, 1.54) is 23.0 Å². The Morgan fingerprint density at radius 1 is 1.24 bits per heavy atom. The third kappa shape index (κ3) is 3.37. The molecule has 0 aliphatic heterocycles. The van der Waals surface area contributed by atoms with E-state index in [2.05, 4.69) is 15.0 Å². The number of aromatic nitrogens is 4. The summed E-state index contributed by atoms with van der Waals surface area (Å²) in [6.45, 7) is -0.834. The number of alkyl halides is 5. The van der Waals surface area contributed by atoms with Gasteiger partial charge >= 0.3 is 6.18 Å². The average Bonchev–Trinajstić information content (AvgIpc) is 2.89. The summed E-state index contributed by atoms with van der Waals surface area (Å²) in [6, 6.07) is 2.36. The summed E-state index contributed by atoms with van der Waals surface area (Å²) in [7, 11) is 1.56. The predicted molar refractivity (Wildman–Crippen MR) is 78.2 cm³/mol. The van der Waals surface area contributed by atoms with Crippen LogP contribution in [0.1, 0.15) is 5.56 Å². The van der Waals surface area contributed by atoms with Crippen LogP contribution in [0.2, 0.25) is 0 Å². The molecule has 5 nitrogen and oxygen atoms in total. The minimum Gasteiger partial charge on any atom is -0.485 e. The first-order valence-electron chi connectivity index (χ1n) is 7.02. The van der Waals surface area contributed by atoms with E-state index in [9.17, 15) is 22.0 Å². The van der Waals surface area contributed by atoms with Gasteiger partial charge in [-0.1, -0.05) is 0 Å². The van der Waals surface area contributed by atoms with Crippen molar-refractivity contribution in [3.8, 4) is 17.1 Å². The van der Waals surface area contributed by atoms with Crippen molar-refractivity contribution in [1.29, 1.82) is 0 Å². The van der Waals surface area contributed by atoms with E-state index < -0.39 is 24.8 Å². The third-order valence-corrected chi connectivity index (χ3v) is 3.43. The smallest absolute Gasteiger partial charge is 0.417 e.